The van der Waals surface area contributed by atoms with E-state index in [9.17, 15) is 26.4 Å². The lowest BCUT2D eigenvalue weighted by atomic mass is 10.3. The Morgan fingerprint density at radius 2 is 1.81 bits per heavy atom. The van der Waals surface area contributed by atoms with Gasteiger partial charge in [0.1, 0.15) is 13.2 Å². The van der Waals surface area contributed by atoms with Crippen molar-refractivity contribution in [1.29, 1.82) is 0 Å². The van der Waals surface area contributed by atoms with Crippen LogP contribution in [0.4, 0.5) is 18.9 Å². The van der Waals surface area contributed by atoms with Crippen LogP contribution in [0.2, 0.25) is 0 Å². The molecule has 1 aromatic carbocycles. The molecule has 0 unspecified atom stereocenters. The molecule has 0 aliphatic heterocycles. The van der Waals surface area contributed by atoms with E-state index >= 15 is 0 Å². The van der Waals surface area contributed by atoms with Crippen LogP contribution in [0.3, 0.4) is 0 Å². The Kier molecular flexibility index (Phi) is 5.73. The molecule has 0 saturated carbocycles. The topological polar surface area (TPSA) is 72.5 Å². The zero-order valence-electron chi connectivity index (χ0n) is 11.1. The van der Waals surface area contributed by atoms with Crippen molar-refractivity contribution in [3.8, 4) is 0 Å². The molecule has 0 aromatic heterocycles. The normalized spacial score (nSPS) is 12.2. The number of halogens is 3. The summed E-state index contributed by atoms with van der Waals surface area (Å²) in [6.07, 6.45) is -4.49. The highest BCUT2D eigenvalue weighted by Crippen LogP contribution is 2.16. The standard InChI is InChI=1S/C12H14F3NO4S/c1-2-21(18,19)10-5-3-9(4-6-10)16-11(17)7-20-8-12(13,14)15/h3-6H,2,7-8H2,1H3,(H,16,17). The number of nitrogens with one attached hydrogen (secondary N) is 1. The number of benzene rings is 1. The van der Waals surface area contributed by atoms with Gasteiger partial charge in [-0.1, -0.05) is 6.92 Å². The number of anilines is 1. The SMILES string of the molecule is CCS(=O)(=O)c1ccc(NC(=O)COCC(F)(F)F)cc1. The van der Waals surface area contributed by atoms with Crippen molar-refractivity contribution < 1.29 is 31.1 Å². The van der Waals surface area contributed by atoms with Crippen LogP contribution in [-0.4, -0.2) is 39.5 Å². The summed E-state index contributed by atoms with van der Waals surface area (Å²) in [6, 6.07) is 5.32. The molecule has 21 heavy (non-hydrogen) atoms. The molecule has 118 valence electrons. The van der Waals surface area contributed by atoms with E-state index in [1.54, 1.807) is 0 Å². The summed E-state index contributed by atoms with van der Waals surface area (Å²) in [5.41, 5.74) is 0.269. The number of rotatable bonds is 6. The average molecular weight is 325 g/mol. The molecule has 0 spiro atoms. The van der Waals surface area contributed by atoms with Crippen molar-refractivity contribution >= 4 is 21.4 Å². The molecule has 5 nitrogen and oxygen atoms in total. The smallest absolute Gasteiger partial charge is 0.362 e. The van der Waals surface area contributed by atoms with Gasteiger partial charge in [-0.3, -0.25) is 4.79 Å². The number of hydrogen-bond donors (Lipinski definition) is 1. The second-order valence-electron chi connectivity index (χ2n) is 4.08. The van der Waals surface area contributed by atoms with E-state index in [0.717, 1.165) is 0 Å². The predicted molar refractivity (Wildman–Crippen MR) is 69.7 cm³/mol. The Balaban J connectivity index is 2.54. The molecule has 1 rings (SSSR count). The summed E-state index contributed by atoms with van der Waals surface area (Å²) < 4.78 is 62.7. The van der Waals surface area contributed by atoms with Crippen molar-refractivity contribution in [2.75, 3.05) is 24.3 Å². The Labute approximate surface area is 120 Å². The van der Waals surface area contributed by atoms with Crippen LogP contribution in [0.15, 0.2) is 29.2 Å². The van der Waals surface area contributed by atoms with Gasteiger partial charge in [-0.2, -0.15) is 13.2 Å². The minimum atomic E-state index is -4.49. The lowest BCUT2D eigenvalue weighted by Gasteiger charge is -2.09. The van der Waals surface area contributed by atoms with E-state index < -0.39 is 35.1 Å². The Morgan fingerprint density at radius 1 is 1.24 bits per heavy atom. The van der Waals surface area contributed by atoms with Crippen LogP contribution < -0.4 is 5.32 Å². The van der Waals surface area contributed by atoms with Crippen LogP contribution >= 0.6 is 0 Å². The summed E-state index contributed by atoms with van der Waals surface area (Å²) in [6.45, 7) is -0.744. The van der Waals surface area contributed by atoms with Crippen LogP contribution in [0, 0.1) is 0 Å². The first-order valence-corrected chi connectivity index (χ1v) is 7.56. The third-order valence-electron chi connectivity index (χ3n) is 2.38. The van der Waals surface area contributed by atoms with Crippen molar-refractivity contribution in [1.82, 2.24) is 0 Å². The number of amides is 1. The molecule has 1 N–H and O–H groups in total. The molecule has 0 aliphatic rings. The zero-order chi connectivity index (χ0) is 16.1. The second-order valence-corrected chi connectivity index (χ2v) is 6.36. The van der Waals surface area contributed by atoms with E-state index in [4.69, 9.17) is 0 Å². The molecule has 0 radical (unpaired) electrons. The maximum Gasteiger partial charge on any atom is 0.411 e. The summed E-state index contributed by atoms with van der Waals surface area (Å²) >= 11 is 0. The third kappa shape index (κ3) is 6.13. The third-order valence-corrected chi connectivity index (χ3v) is 4.13. The summed E-state index contributed by atoms with van der Waals surface area (Å²) in [7, 11) is -3.34. The van der Waals surface area contributed by atoms with Gasteiger partial charge in [0.25, 0.3) is 0 Å². The van der Waals surface area contributed by atoms with Crippen molar-refractivity contribution in [2.24, 2.45) is 0 Å². The Hall–Kier alpha value is -1.61. The van der Waals surface area contributed by atoms with E-state index in [-0.39, 0.29) is 16.3 Å². The molecule has 0 aliphatic carbocycles. The van der Waals surface area contributed by atoms with Gasteiger partial charge in [-0.25, -0.2) is 8.42 Å². The maximum absolute atomic E-state index is 11.8. The molecule has 1 aromatic rings. The minimum absolute atomic E-state index is 0.0516. The molecule has 0 fully saturated rings. The van der Waals surface area contributed by atoms with Crippen molar-refractivity contribution in [3.05, 3.63) is 24.3 Å². The van der Waals surface area contributed by atoms with Gasteiger partial charge in [-0.15, -0.1) is 0 Å². The van der Waals surface area contributed by atoms with Crippen molar-refractivity contribution in [2.45, 2.75) is 18.0 Å². The highest BCUT2D eigenvalue weighted by molar-refractivity contribution is 7.91. The predicted octanol–water partition coefficient (Wildman–Crippen LogP) is 2.00. The summed E-state index contributed by atoms with van der Waals surface area (Å²) in [5, 5.41) is 2.30. The largest absolute Gasteiger partial charge is 0.411 e. The zero-order valence-corrected chi connectivity index (χ0v) is 11.9. The van der Waals surface area contributed by atoms with E-state index in [0.29, 0.717) is 0 Å². The number of ether oxygens (including phenoxy) is 1. The number of carbonyl (C=O) groups is 1. The highest BCUT2D eigenvalue weighted by atomic mass is 32.2. The van der Waals surface area contributed by atoms with E-state index in [1.165, 1.54) is 31.2 Å². The number of hydrogen-bond acceptors (Lipinski definition) is 4. The van der Waals surface area contributed by atoms with Gasteiger partial charge < -0.3 is 10.1 Å². The van der Waals surface area contributed by atoms with Crippen LogP contribution in [0.25, 0.3) is 0 Å². The number of sulfone groups is 1. The van der Waals surface area contributed by atoms with Gasteiger partial charge in [-0.05, 0) is 24.3 Å². The average Bonchev–Trinajstić information content (AvgIpc) is 2.37. The van der Waals surface area contributed by atoms with Gasteiger partial charge >= 0.3 is 6.18 Å². The van der Waals surface area contributed by atoms with Gasteiger partial charge in [0.2, 0.25) is 5.91 Å². The monoisotopic (exact) mass is 325 g/mol. The van der Waals surface area contributed by atoms with E-state index in [1.807, 2.05) is 0 Å². The second kappa shape index (κ2) is 6.90. The quantitative estimate of drug-likeness (QED) is 0.868. The molecule has 1 amide bonds. The fourth-order valence-electron chi connectivity index (χ4n) is 1.37. The molecule has 0 atom stereocenters. The molecular formula is C12H14F3NO4S. The fourth-order valence-corrected chi connectivity index (χ4v) is 2.25. The molecule has 0 heterocycles. The number of alkyl halides is 3. The fraction of sp³-hybridized carbons (Fsp3) is 0.417. The first-order valence-electron chi connectivity index (χ1n) is 5.91. The summed E-state index contributed by atoms with van der Waals surface area (Å²) in [5.74, 6) is -0.811. The first-order chi connectivity index (χ1) is 9.64. The number of carbonyl (C=O) groups excluding carboxylic acids is 1. The van der Waals surface area contributed by atoms with Crippen LogP contribution in [0.5, 0.6) is 0 Å². The van der Waals surface area contributed by atoms with Gasteiger partial charge in [0.05, 0.1) is 10.6 Å². The molecule has 9 heteroatoms. The highest BCUT2D eigenvalue weighted by Gasteiger charge is 2.27. The van der Waals surface area contributed by atoms with Crippen molar-refractivity contribution in [3.63, 3.8) is 0 Å². The minimum Gasteiger partial charge on any atom is -0.362 e. The van der Waals surface area contributed by atoms with Gasteiger partial charge in [0, 0.05) is 5.69 Å². The van der Waals surface area contributed by atoms with Crippen LogP contribution in [-0.2, 0) is 19.4 Å². The Bertz CT molecular complexity index is 582. The molecular weight excluding hydrogens is 311 g/mol. The molecule has 0 saturated heterocycles. The first kappa shape index (κ1) is 17.4. The maximum atomic E-state index is 11.8. The lowest BCUT2D eigenvalue weighted by Crippen LogP contribution is -2.24. The summed E-state index contributed by atoms with van der Waals surface area (Å²) in [4.78, 5) is 11.4. The lowest BCUT2D eigenvalue weighted by molar-refractivity contribution is -0.174. The Morgan fingerprint density at radius 3 is 2.29 bits per heavy atom. The van der Waals surface area contributed by atoms with E-state index in [2.05, 4.69) is 10.1 Å². The van der Waals surface area contributed by atoms with Crippen LogP contribution in [0.1, 0.15) is 6.92 Å². The van der Waals surface area contributed by atoms with Gasteiger partial charge in [0.15, 0.2) is 9.84 Å². The molecule has 0 bridgehead atoms.